The number of hydrogen-bond donors (Lipinski definition) is 2. The molecule has 0 spiro atoms. The lowest BCUT2D eigenvalue weighted by atomic mass is 9.92. The molecule has 0 aromatic heterocycles. The van der Waals surface area contributed by atoms with E-state index in [4.69, 9.17) is 4.74 Å². The standard InChI is InChI=1S/C15H30N2O2/c1-3-9-19-14-5-4-8-17(10-14)11-15(12-18,16-2)13-6-7-13/h13-14,16,18H,3-12H2,1-2H3. The Hall–Kier alpha value is -0.160. The van der Waals surface area contributed by atoms with Crippen molar-refractivity contribution in [2.45, 2.75) is 50.7 Å². The highest BCUT2D eigenvalue weighted by Gasteiger charge is 2.45. The largest absolute Gasteiger partial charge is 0.394 e. The summed E-state index contributed by atoms with van der Waals surface area (Å²) < 4.78 is 5.90. The van der Waals surface area contributed by atoms with Crippen LogP contribution >= 0.6 is 0 Å². The lowest BCUT2D eigenvalue weighted by Gasteiger charge is -2.40. The van der Waals surface area contributed by atoms with E-state index >= 15 is 0 Å². The van der Waals surface area contributed by atoms with Crippen molar-refractivity contribution < 1.29 is 9.84 Å². The summed E-state index contributed by atoms with van der Waals surface area (Å²) in [6.45, 7) is 6.39. The Bertz CT molecular complexity index is 265. The van der Waals surface area contributed by atoms with Gasteiger partial charge in [-0.1, -0.05) is 6.92 Å². The van der Waals surface area contributed by atoms with Gasteiger partial charge in [-0.15, -0.1) is 0 Å². The molecule has 4 nitrogen and oxygen atoms in total. The van der Waals surface area contributed by atoms with Gasteiger partial charge in [-0.2, -0.15) is 0 Å². The minimum atomic E-state index is -0.0906. The molecule has 2 fully saturated rings. The fourth-order valence-corrected chi connectivity index (χ4v) is 3.28. The van der Waals surface area contributed by atoms with Crippen molar-refractivity contribution in [2.75, 3.05) is 39.9 Å². The van der Waals surface area contributed by atoms with Gasteiger partial charge in [0.05, 0.1) is 18.2 Å². The third-order valence-corrected chi connectivity index (χ3v) is 4.66. The normalized spacial score (nSPS) is 28.3. The summed E-state index contributed by atoms with van der Waals surface area (Å²) in [4.78, 5) is 2.48. The van der Waals surface area contributed by atoms with Gasteiger partial charge in [-0.3, -0.25) is 4.90 Å². The monoisotopic (exact) mass is 270 g/mol. The summed E-state index contributed by atoms with van der Waals surface area (Å²) in [5.41, 5.74) is -0.0906. The molecule has 0 radical (unpaired) electrons. The molecule has 2 aliphatic rings. The topological polar surface area (TPSA) is 44.7 Å². The summed E-state index contributed by atoms with van der Waals surface area (Å²) in [7, 11) is 1.99. The molecule has 1 saturated carbocycles. The lowest BCUT2D eigenvalue weighted by Crippen LogP contribution is -2.58. The smallest absolute Gasteiger partial charge is 0.0702 e. The van der Waals surface area contributed by atoms with Crippen LogP contribution in [-0.2, 0) is 4.74 Å². The fraction of sp³-hybridized carbons (Fsp3) is 1.00. The third-order valence-electron chi connectivity index (χ3n) is 4.66. The molecular weight excluding hydrogens is 240 g/mol. The zero-order chi connectivity index (χ0) is 13.7. The zero-order valence-electron chi connectivity index (χ0n) is 12.5. The molecule has 4 heteroatoms. The van der Waals surface area contributed by atoms with Gasteiger partial charge in [0.25, 0.3) is 0 Å². The Morgan fingerprint density at radius 2 is 2.16 bits per heavy atom. The van der Waals surface area contributed by atoms with Crippen molar-refractivity contribution >= 4 is 0 Å². The van der Waals surface area contributed by atoms with Gasteiger partial charge < -0.3 is 15.2 Å². The predicted octanol–water partition coefficient (Wildman–Crippen LogP) is 1.24. The average Bonchev–Trinajstić information content (AvgIpc) is 3.28. The highest BCUT2D eigenvalue weighted by Crippen LogP contribution is 2.40. The average molecular weight is 270 g/mol. The van der Waals surface area contributed by atoms with Gasteiger partial charge in [0.2, 0.25) is 0 Å². The molecule has 1 aliphatic carbocycles. The van der Waals surface area contributed by atoms with Crippen LogP contribution in [0.15, 0.2) is 0 Å². The lowest BCUT2D eigenvalue weighted by molar-refractivity contribution is -0.0136. The summed E-state index contributed by atoms with van der Waals surface area (Å²) >= 11 is 0. The van der Waals surface area contributed by atoms with Crippen LogP contribution in [0.1, 0.15) is 39.0 Å². The number of nitrogens with one attached hydrogen (secondary N) is 1. The van der Waals surface area contributed by atoms with Crippen LogP contribution in [0.3, 0.4) is 0 Å². The van der Waals surface area contributed by atoms with Crippen molar-refractivity contribution in [1.29, 1.82) is 0 Å². The molecule has 0 bridgehead atoms. The first-order chi connectivity index (χ1) is 9.24. The van der Waals surface area contributed by atoms with Gasteiger partial charge in [0, 0.05) is 19.7 Å². The second kappa shape index (κ2) is 7.02. The molecule has 1 heterocycles. The van der Waals surface area contributed by atoms with Crippen molar-refractivity contribution in [3.05, 3.63) is 0 Å². The third kappa shape index (κ3) is 3.91. The van der Waals surface area contributed by atoms with E-state index in [1.807, 2.05) is 7.05 Å². The van der Waals surface area contributed by atoms with Crippen LogP contribution in [0.2, 0.25) is 0 Å². The van der Waals surface area contributed by atoms with E-state index in [1.54, 1.807) is 0 Å². The van der Waals surface area contributed by atoms with Crippen molar-refractivity contribution in [2.24, 2.45) is 5.92 Å². The number of ether oxygens (including phenoxy) is 1. The number of piperidine rings is 1. The van der Waals surface area contributed by atoms with Crippen molar-refractivity contribution in [3.63, 3.8) is 0 Å². The van der Waals surface area contributed by atoms with Gasteiger partial charge in [-0.25, -0.2) is 0 Å². The van der Waals surface area contributed by atoms with E-state index in [0.717, 1.165) is 32.7 Å². The fourth-order valence-electron chi connectivity index (χ4n) is 3.28. The van der Waals surface area contributed by atoms with Crippen LogP contribution < -0.4 is 5.32 Å². The van der Waals surface area contributed by atoms with E-state index in [1.165, 1.54) is 25.7 Å². The molecule has 2 N–H and O–H groups in total. The maximum absolute atomic E-state index is 9.80. The first-order valence-electron chi connectivity index (χ1n) is 7.88. The molecule has 112 valence electrons. The molecule has 19 heavy (non-hydrogen) atoms. The minimum Gasteiger partial charge on any atom is -0.394 e. The highest BCUT2D eigenvalue weighted by atomic mass is 16.5. The summed E-state index contributed by atoms with van der Waals surface area (Å²) in [5.74, 6) is 0.652. The molecule has 1 saturated heterocycles. The SMILES string of the molecule is CCCOC1CCCN(CC(CO)(NC)C2CC2)C1. The van der Waals surface area contributed by atoms with Crippen LogP contribution in [0.4, 0.5) is 0 Å². The van der Waals surface area contributed by atoms with Crippen LogP contribution in [-0.4, -0.2) is 61.5 Å². The second-order valence-electron chi connectivity index (χ2n) is 6.21. The van der Waals surface area contributed by atoms with Gasteiger partial charge in [0.1, 0.15) is 0 Å². The summed E-state index contributed by atoms with van der Waals surface area (Å²) in [6, 6.07) is 0. The molecule has 0 aromatic carbocycles. The number of nitrogens with zero attached hydrogens (tertiary/aromatic N) is 1. The maximum Gasteiger partial charge on any atom is 0.0702 e. The van der Waals surface area contributed by atoms with E-state index < -0.39 is 0 Å². The molecule has 2 unspecified atom stereocenters. The molecule has 2 atom stereocenters. The minimum absolute atomic E-state index is 0.0906. The number of likely N-dealkylation sites (tertiary alicyclic amines) is 1. The molecule has 2 rings (SSSR count). The van der Waals surface area contributed by atoms with Crippen LogP contribution in [0.25, 0.3) is 0 Å². The zero-order valence-corrected chi connectivity index (χ0v) is 12.5. The van der Waals surface area contributed by atoms with Gasteiger partial charge in [-0.05, 0) is 51.6 Å². The number of aliphatic hydroxyl groups is 1. The Kier molecular flexibility index (Phi) is 5.63. The first-order valence-corrected chi connectivity index (χ1v) is 7.88. The van der Waals surface area contributed by atoms with Crippen molar-refractivity contribution in [1.82, 2.24) is 10.2 Å². The van der Waals surface area contributed by atoms with Crippen LogP contribution in [0, 0.1) is 5.92 Å². The quantitative estimate of drug-likeness (QED) is 0.696. The van der Waals surface area contributed by atoms with Gasteiger partial charge >= 0.3 is 0 Å². The highest BCUT2D eigenvalue weighted by molar-refractivity contribution is 5.02. The van der Waals surface area contributed by atoms with E-state index in [0.29, 0.717) is 12.0 Å². The maximum atomic E-state index is 9.80. The molecule has 0 amide bonds. The number of rotatable bonds is 8. The Morgan fingerprint density at radius 1 is 1.37 bits per heavy atom. The number of hydrogen-bond acceptors (Lipinski definition) is 4. The molecule has 1 aliphatic heterocycles. The predicted molar refractivity (Wildman–Crippen MR) is 77.3 cm³/mol. The van der Waals surface area contributed by atoms with E-state index in [-0.39, 0.29) is 12.1 Å². The second-order valence-corrected chi connectivity index (χ2v) is 6.21. The van der Waals surface area contributed by atoms with E-state index in [9.17, 15) is 5.11 Å². The van der Waals surface area contributed by atoms with Crippen LogP contribution in [0.5, 0.6) is 0 Å². The number of aliphatic hydroxyl groups excluding tert-OH is 1. The number of likely N-dealkylation sites (N-methyl/N-ethyl adjacent to an activating group) is 1. The molecular formula is C15H30N2O2. The Labute approximate surface area is 117 Å². The van der Waals surface area contributed by atoms with E-state index in [2.05, 4.69) is 17.1 Å². The first kappa shape index (κ1) is 15.2. The van der Waals surface area contributed by atoms with Gasteiger partial charge in [0.15, 0.2) is 0 Å². The molecule has 0 aromatic rings. The summed E-state index contributed by atoms with van der Waals surface area (Å²) in [5, 5.41) is 13.2. The Balaban J connectivity index is 1.86. The van der Waals surface area contributed by atoms with Crippen molar-refractivity contribution in [3.8, 4) is 0 Å². The summed E-state index contributed by atoms with van der Waals surface area (Å²) in [6.07, 6.45) is 6.39. The Morgan fingerprint density at radius 3 is 2.74 bits per heavy atom.